The van der Waals surface area contributed by atoms with Gasteiger partial charge in [-0.3, -0.25) is 0 Å². The maximum absolute atomic E-state index is 11.8. The standard InChI is InChI=1S/C17H28N2O2S/c1-12(13-9-10-22-11-13)18-14-5-7-15(8-6-14)19-16(20)21-17(2,3)4/h9-12,14-15,18H,5-8H2,1-4H3,(H,19,20). The number of rotatable bonds is 4. The highest BCUT2D eigenvalue weighted by atomic mass is 32.1. The first-order chi connectivity index (χ1) is 10.3. The lowest BCUT2D eigenvalue weighted by Crippen LogP contribution is -2.44. The molecule has 1 atom stereocenters. The van der Waals surface area contributed by atoms with Crippen LogP contribution in [0.5, 0.6) is 0 Å². The molecule has 0 spiro atoms. The van der Waals surface area contributed by atoms with Crippen LogP contribution >= 0.6 is 11.3 Å². The molecule has 0 aromatic carbocycles. The van der Waals surface area contributed by atoms with Gasteiger partial charge in [-0.15, -0.1) is 0 Å². The Balaban J connectivity index is 1.70. The first kappa shape index (κ1) is 17.3. The molecule has 1 aliphatic carbocycles. The first-order valence-corrected chi connectivity index (χ1v) is 9.05. The van der Waals surface area contributed by atoms with E-state index in [0.29, 0.717) is 12.1 Å². The fraction of sp³-hybridized carbons (Fsp3) is 0.706. The molecule has 1 saturated carbocycles. The Kier molecular flexibility index (Phi) is 5.87. The second-order valence-corrected chi connectivity index (χ2v) is 7.92. The zero-order valence-corrected chi connectivity index (χ0v) is 14.8. The molecule has 1 aliphatic rings. The Hall–Kier alpha value is -1.07. The third-order valence-corrected chi connectivity index (χ3v) is 4.68. The lowest BCUT2D eigenvalue weighted by Gasteiger charge is -2.32. The van der Waals surface area contributed by atoms with Crippen LogP contribution in [0.3, 0.4) is 0 Å². The molecule has 4 nitrogen and oxygen atoms in total. The van der Waals surface area contributed by atoms with Crippen molar-refractivity contribution in [2.45, 2.75) is 77.1 Å². The lowest BCUT2D eigenvalue weighted by molar-refractivity contribution is 0.0489. The van der Waals surface area contributed by atoms with Crippen LogP contribution in [0.15, 0.2) is 16.8 Å². The molecule has 5 heteroatoms. The van der Waals surface area contributed by atoms with Crippen LogP contribution < -0.4 is 10.6 Å². The minimum absolute atomic E-state index is 0.240. The van der Waals surface area contributed by atoms with E-state index >= 15 is 0 Å². The number of thiophene rings is 1. The minimum atomic E-state index is -0.432. The molecule has 1 amide bonds. The number of amides is 1. The largest absolute Gasteiger partial charge is 0.444 e. The molecule has 0 aliphatic heterocycles. The van der Waals surface area contributed by atoms with E-state index in [-0.39, 0.29) is 12.1 Å². The fourth-order valence-electron chi connectivity index (χ4n) is 2.85. The van der Waals surface area contributed by atoms with Gasteiger partial charge in [0, 0.05) is 18.1 Å². The van der Waals surface area contributed by atoms with E-state index in [1.54, 1.807) is 11.3 Å². The number of hydrogen-bond donors (Lipinski definition) is 2. The zero-order valence-electron chi connectivity index (χ0n) is 14.0. The highest BCUT2D eigenvalue weighted by Crippen LogP contribution is 2.23. The van der Waals surface area contributed by atoms with Crippen LogP contribution in [-0.4, -0.2) is 23.8 Å². The van der Waals surface area contributed by atoms with Gasteiger partial charge in [0.1, 0.15) is 5.60 Å². The van der Waals surface area contributed by atoms with Gasteiger partial charge in [0.15, 0.2) is 0 Å². The van der Waals surface area contributed by atoms with Crippen LogP contribution in [0.4, 0.5) is 4.79 Å². The Bertz CT molecular complexity index is 460. The van der Waals surface area contributed by atoms with Crippen LogP contribution in [0.2, 0.25) is 0 Å². The molecule has 0 radical (unpaired) electrons. The van der Waals surface area contributed by atoms with Gasteiger partial charge in [0.05, 0.1) is 0 Å². The Morgan fingerprint density at radius 3 is 2.45 bits per heavy atom. The van der Waals surface area contributed by atoms with E-state index in [0.717, 1.165) is 25.7 Å². The summed E-state index contributed by atoms with van der Waals surface area (Å²) >= 11 is 1.74. The highest BCUT2D eigenvalue weighted by molar-refractivity contribution is 7.07. The summed E-state index contributed by atoms with van der Waals surface area (Å²) in [4.78, 5) is 11.8. The van der Waals surface area contributed by atoms with Crippen molar-refractivity contribution in [2.24, 2.45) is 0 Å². The van der Waals surface area contributed by atoms with E-state index in [9.17, 15) is 4.79 Å². The summed E-state index contributed by atoms with van der Waals surface area (Å²) in [6.45, 7) is 7.88. The molecular weight excluding hydrogens is 296 g/mol. The van der Waals surface area contributed by atoms with Gasteiger partial charge in [-0.2, -0.15) is 11.3 Å². The van der Waals surface area contributed by atoms with Gasteiger partial charge in [0.25, 0.3) is 0 Å². The average Bonchev–Trinajstić information content (AvgIpc) is 2.92. The molecule has 124 valence electrons. The summed E-state index contributed by atoms with van der Waals surface area (Å²) in [5.41, 5.74) is 0.928. The van der Waals surface area contributed by atoms with Crippen LogP contribution in [-0.2, 0) is 4.74 Å². The van der Waals surface area contributed by atoms with Gasteiger partial charge >= 0.3 is 6.09 Å². The molecule has 0 bridgehead atoms. The minimum Gasteiger partial charge on any atom is -0.444 e. The lowest BCUT2D eigenvalue weighted by atomic mass is 9.90. The SMILES string of the molecule is CC(NC1CCC(NC(=O)OC(C)(C)C)CC1)c1ccsc1. The molecule has 1 unspecified atom stereocenters. The molecule has 1 aromatic rings. The Morgan fingerprint density at radius 2 is 1.91 bits per heavy atom. The zero-order chi connectivity index (χ0) is 16.2. The maximum Gasteiger partial charge on any atom is 0.407 e. The van der Waals surface area contributed by atoms with Gasteiger partial charge in [-0.05, 0) is 75.8 Å². The molecule has 1 heterocycles. The Morgan fingerprint density at radius 1 is 1.27 bits per heavy atom. The van der Waals surface area contributed by atoms with E-state index in [2.05, 4.69) is 34.4 Å². The summed E-state index contributed by atoms with van der Waals surface area (Å²) in [5.74, 6) is 0. The topological polar surface area (TPSA) is 50.4 Å². The molecule has 2 rings (SSSR count). The van der Waals surface area contributed by atoms with Crippen molar-refractivity contribution < 1.29 is 9.53 Å². The summed E-state index contributed by atoms with van der Waals surface area (Å²) in [6, 6.07) is 3.35. The van der Waals surface area contributed by atoms with Gasteiger partial charge in [-0.25, -0.2) is 4.79 Å². The summed E-state index contributed by atoms with van der Waals surface area (Å²) in [5, 5.41) is 11.0. The second kappa shape index (κ2) is 7.47. The van der Waals surface area contributed by atoms with Crippen LogP contribution in [0.25, 0.3) is 0 Å². The number of carbonyl (C=O) groups is 1. The third-order valence-electron chi connectivity index (χ3n) is 3.98. The van der Waals surface area contributed by atoms with Crippen molar-refractivity contribution in [3.8, 4) is 0 Å². The molecule has 2 N–H and O–H groups in total. The normalized spacial score (nSPS) is 23.8. The number of nitrogens with one attached hydrogen (secondary N) is 2. The number of alkyl carbamates (subject to hydrolysis) is 1. The second-order valence-electron chi connectivity index (χ2n) is 7.14. The quantitative estimate of drug-likeness (QED) is 0.871. The summed E-state index contributed by atoms with van der Waals surface area (Å²) < 4.78 is 5.32. The fourth-order valence-corrected chi connectivity index (χ4v) is 3.60. The van der Waals surface area contributed by atoms with Crippen molar-refractivity contribution in [3.63, 3.8) is 0 Å². The predicted molar refractivity (Wildman–Crippen MR) is 91.3 cm³/mol. The molecule has 1 aromatic heterocycles. The van der Waals surface area contributed by atoms with Crippen molar-refractivity contribution >= 4 is 17.4 Å². The molecule has 0 saturated heterocycles. The van der Waals surface area contributed by atoms with Gasteiger partial charge in [-0.1, -0.05) is 0 Å². The monoisotopic (exact) mass is 324 g/mol. The van der Waals surface area contributed by atoms with E-state index < -0.39 is 5.60 Å². The molecule has 1 fully saturated rings. The maximum atomic E-state index is 11.8. The summed E-state index contributed by atoms with van der Waals surface area (Å²) in [6.07, 6.45) is 3.90. The number of carbonyl (C=O) groups excluding carboxylic acids is 1. The predicted octanol–water partition coefficient (Wildman–Crippen LogP) is 4.23. The van der Waals surface area contributed by atoms with Crippen LogP contribution in [0.1, 0.15) is 65.0 Å². The smallest absolute Gasteiger partial charge is 0.407 e. The Labute approximate surface area is 137 Å². The number of hydrogen-bond acceptors (Lipinski definition) is 4. The number of ether oxygens (including phenoxy) is 1. The van der Waals surface area contributed by atoms with Gasteiger partial charge < -0.3 is 15.4 Å². The third kappa shape index (κ3) is 5.61. The van der Waals surface area contributed by atoms with Crippen molar-refractivity contribution in [1.82, 2.24) is 10.6 Å². The van der Waals surface area contributed by atoms with Crippen molar-refractivity contribution in [1.29, 1.82) is 0 Å². The van der Waals surface area contributed by atoms with Gasteiger partial charge in [0.2, 0.25) is 0 Å². The molecule has 22 heavy (non-hydrogen) atoms. The van der Waals surface area contributed by atoms with E-state index in [1.165, 1.54) is 5.56 Å². The van der Waals surface area contributed by atoms with E-state index in [4.69, 9.17) is 4.74 Å². The van der Waals surface area contributed by atoms with Crippen LogP contribution in [0, 0.1) is 0 Å². The van der Waals surface area contributed by atoms with Crippen molar-refractivity contribution in [2.75, 3.05) is 0 Å². The van der Waals surface area contributed by atoms with E-state index in [1.807, 2.05) is 20.8 Å². The highest BCUT2D eigenvalue weighted by Gasteiger charge is 2.25. The van der Waals surface area contributed by atoms with Crippen molar-refractivity contribution in [3.05, 3.63) is 22.4 Å². The average molecular weight is 324 g/mol. The first-order valence-electron chi connectivity index (χ1n) is 8.11. The summed E-state index contributed by atoms with van der Waals surface area (Å²) in [7, 11) is 0. The molecular formula is C17H28N2O2S.